The summed E-state index contributed by atoms with van der Waals surface area (Å²) in [4.78, 5) is 11.0. The highest BCUT2D eigenvalue weighted by atomic mass is 79.9. The molecule has 88 valence electrons. The molecule has 1 amide bonds. The smallest absolute Gasteiger partial charge is 0.241 e. The molecule has 0 bridgehead atoms. The van der Waals surface area contributed by atoms with Crippen molar-refractivity contribution < 1.29 is 9.32 Å². The zero-order valence-corrected chi connectivity index (χ0v) is 11.0. The first-order valence-corrected chi connectivity index (χ1v) is 6.10. The molecular formula is C11H8BrClN2O2. The van der Waals surface area contributed by atoms with Gasteiger partial charge in [0.25, 0.3) is 0 Å². The second-order valence-corrected chi connectivity index (χ2v) is 4.45. The van der Waals surface area contributed by atoms with Gasteiger partial charge in [0, 0.05) is 16.1 Å². The van der Waals surface area contributed by atoms with Gasteiger partial charge in [0.2, 0.25) is 11.8 Å². The van der Waals surface area contributed by atoms with Crippen LogP contribution >= 0.6 is 27.5 Å². The van der Waals surface area contributed by atoms with Crippen LogP contribution in [0.1, 0.15) is 0 Å². The molecule has 0 spiro atoms. The Balaban J connectivity index is 2.18. The molecule has 1 aromatic carbocycles. The number of nitrogens with zero attached hydrogens (tertiary/aromatic N) is 1. The number of benzene rings is 1. The highest BCUT2D eigenvalue weighted by Gasteiger charge is 2.08. The van der Waals surface area contributed by atoms with Gasteiger partial charge in [-0.05, 0) is 12.1 Å². The lowest BCUT2D eigenvalue weighted by molar-refractivity contribution is -0.114. The van der Waals surface area contributed by atoms with Crippen molar-refractivity contribution in [1.29, 1.82) is 0 Å². The third-order valence-corrected chi connectivity index (χ3v) is 2.81. The number of rotatable bonds is 3. The van der Waals surface area contributed by atoms with Gasteiger partial charge in [-0.25, -0.2) is 0 Å². The molecule has 1 aromatic heterocycles. The Labute approximate surface area is 111 Å². The van der Waals surface area contributed by atoms with E-state index in [1.165, 1.54) is 0 Å². The molecule has 0 unspecified atom stereocenters. The fourth-order valence-corrected chi connectivity index (χ4v) is 1.59. The van der Waals surface area contributed by atoms with Crippen molar-refractivity contribution in [3.05, 3.63) is 34.8 Å². The first kappa shape index (κ1) is 12.1. The summed E-state index contributed by atoms with van der Waals surface area (Å²) in [6, 6.07) is 9.25. The molecule has 0 aliphatic heterocycles. The lowest BCUT2D eigenvalue weighted by Crippen LogP contribution is -2.11. The summed E-state index contributed by atoms with van der Waals surface area (Å²) in [5, 5.41) is 6.34. The van der Waals surface area contributed by atoms with Crippen LogP contribution in [0.3, 0.4) is 0 Å². The standard InChI is InChI=1S/C11H8BrClN2O2/c12-8-3-1-7(2-4-8)9-5-11(17-15-9)14-10(16)6-13/h1-5H,6H2,(H,14,16). The van der Waals surface area contributed by atoms with Crippen molar-refractivity contribution in [3.8, 4) is 11.3 Å². The van der Waals surface area contributed by atoms with Crippen molar-refractivity contribution >= 4 is 39.3 Å². The average Bonchev–Trinajstić information content (AvgIpc) is 2.78. The van der Waals surface area contributed by atoms with E-state index >= 15 is 0 Å². The van der Waals surface area contributed by atoms with E-state index in [2.05, 4.69) is 26.4 Å². The second kappa shape index (κ2) is 5.33. The third kappa shape index (κ3) is 3.08. The van der Waals surface area contributed by atoms with Crippen LogP contribution in [0.25, 0.3) is 11.3 Å². The van der Waals surface area contributed by atoms with Gasteiger partial charge in [-0.3, -0.25) is 10.1 Å². The molecule has 0 saturated carbocycles. The number of nitrogens with one attached hydrogen (secondary N) is 1. The molecule has 0 aliphatic rings. The van der Waals surface area contributed by atoms with E-state index in [1.807, 2.05) is 24.3 Å². The number of carbonyl (C=O) groups is 1. The number of hydrogen-bond acceptors (Lipinski definition) is 3. The second-order valence-electron chi connectivity index (χ2n) is 3.27. The Kier molecular flexibility index (Phi) is 3.81. The molecule has 1 N–H and O–H groups in total. The topological polar surface area (TPSA) is 55.1 Å². The van der Waals surface area contributed by atoms with Crippen molar-refractivity contribution in [2.75, 3.05) is 11.2 Å². The normalized spacial score (nSPS) is 10.2. The van der Waals surface area contributed by atoms with E-state index < -0.39 is 0 Å². The molecular weight excluding hydrogens is 307 g/mol. The number of alkyl halides is 1. The van der Waals surface area contributed by atoms with Gasteiger partial charge in [0.1, 0.15) is 11.6 Å². The van der Waals surface area contributed by atoms with Gasteiger partial charge >= 0.3 is 0 Å². The van der Waals surface area contributed by atoms with E-state index in [0.29, 0.717) is 5.69 Å². The minimum atomic E-state index is -0.329. The molecule has 1 heterocycles. The number of halogens is 2. The first-order chi connectivity index (χ1) is 8.19. The fourth-order valence-electron chi connectivity index (χ4n) is 1.26. The van der Waals surface area contributed by atoms with Crippen LogP contribution in [-0.4, -0.2) is 16.9 Å². The van der Waals surface area contributed by atoms with Gasteiger partial charge in [0.15, 0.2) is 0 Å². The predicted octanol–water partition coefficient (Wildman–Crippen LogP) is 3.28. The van der Waals surface area contributed by atoms with Crippen LogP contribution in [0.2, 0.25) is 0 Å². The van der Waals surface area contributed by atoms with Crippen LogP contribution in [-0.2, 0) is 4.79 Å². The lowest BCUT2D eigenvalue weighted by Gasteiger charge is -1.95. The maximum atomic E-state index is 11.0. The van der Waals surface area contributed by atoms with E-state index in [1.54, 1.807) is 6.07 Å². The summed E-state index contributed by atoms with van der Waals surface area (Å²) < 4.78 is 5.96. The van der Waals surface area contributed by atoms with Gasteiger partial charge in [-0.1, -0.05) is 33.2 Å². The van der Waals surface area contributed by atoms with Crippen LogP contribution in [0.15, 0.2) is 39.3 Å². The van der Waals surface area contributed by atoms with E-state index in [4.69, 9.17) is 16.1 Å². The third-order valence-electron chi connectivity index (χ3n) is 2.03. The van der Waals surface area contributed by atoms with Crippen molar-refractivity contribution in [3.63, 3.8) is 0 Å². The fraction of sp³-hybridized carbons (Fsp3) is 0.0909. The van der Waals surface area contributed by atoms with E-state index in [9.17, 15) is 4.79 Å². The molecule has 2 aromatic rings. The minimum absolute atomic E-state index is 0.117. The Bertz CT molecular complexity index is 525. The number of anilines is 1. The van der Waals surface area contributed by atoms with Gasteiger partial charge in [-0.2, -0.15) is 0 Å². The highest BCUT2D eigenvalue weighted by molar-refractivity contribution is 9.10. The van der Waals surface area contributed by atoms with Crippen LogP contribution < -0.4 is 5.32 Å². The number of carbonyl (C=O) groups excluding carboxylic acids is 1. The van der Waals surface area contributed by atoms with Gasteiger partial charge in [-0.15, -0.1) is 11.6 Å². The molecule has 0 fully saturated rings. The molecule has 0 saturated heterocycles. The van der Waals surface area contributed by atoms with Gasteiger partial charge < -0.3 is 4.52 Å². The summed E-state index contributed by atoms with van der Waals surface area (Å²) in [7, 11) is 0. The Hall–Kier alpha value is -1.33. The SMILES string of the molecule is O=C(CCl)Nc1cc(-c2ccc(Br)cc2)no1. The Morgan fingerprint density at radius 2 is 2.12 bits per heavy atom. The summed E-state index contributed by atoms with van der Waals surface area (Å²) in [6.45, 7) is 0. The van der Waals surface area contributed by atoms with Crippen molar-refractivity contribution in [2.24, 2.45) is 0 Å². The summed E-state index contributed by atoms with van der Waals surface area (Å²) in [5.41, 5.74) is 1.56. The zero-order chi connectivity index (χ0) is 12.3. The van der Waals surface area contributed by atoms with Crippen LogP contribution in [0.4, 0.5) is 5.88 Å². The Morgan fingerprint density at radius 3 is 2.76 bits per heavy atom. The highest BCUT2D eigenvalue weighted by Crippen LogP contribution is 2.23. The summed E-state index contributed by atoms with van der Waals surface area (Å²) >= 11 is 8.71. The van der Waals surface area contributed by atoms with Gasteiger partial charge in [0.05, 0.1) is 0 Å². The van der Waals surface area contributed by atoms with Crippen LogP contribution in [0.5, 0.6) is 0 Å². The first-order valence-electron chi connectivity index (χ1n) is 4.77. The molecule has 6 heteroatoms. The minimum Gasteiger partial charge on any atom is -0.338 e. The Morgan fingerprint density at radius 1 is 1.41 bits per heavy atom. The predicted molar refractivity (Wildman–Crippen MR) is 69.0 cm³/mol. The average molecular weight is 316 g/mol. The van der Waals surface area contributed by atoms with E-state index in [0.717, 1.165) is 10.0 Å². The van der Waals surface area contributed by atoms with E-state index in [-0.39, 0.29) is 17.7 Å². The summed E-state index contributed by atoms with van der Waals surface area (Å²) in [6.07, 6.45) is 0. The number of amides is 1. The molecule has 4 nitrogen and oxygen atoms in total. The lowest BCUT2D eigenvalue weighted by atomic mass is 10.1. The molecule has 17 heavy (non-hydrogen) atoms. The number of aromatic nitrogens is 1. The molecule has 0 aliphatic carbocycles. The summed E-state index contributed by atoms with van der Waals surface area (Å²) in [5.74, 6) is -0.160. The van der Waals surface area contributed by atoms with Crippen molar-refractivity contribution in [1.82, 2.24) is 5.16 Å². The molecule has 0 atom stereocenters. The van der Waals surface area contributed by atoms with Crippen molar-refractivity contribution in [2.45, 2.75) is 0 Å². The molecule has 0 radical (unpaired) electrons. The largest absolute Gasteiger partial charge is 0.338 e. The maximum Gasteiger partial charge on any atom is 0.241 e. The van der Waals surface area contributed by atoms with Crippen LogP contribution in [0, 0.1) is 0 Å². The maximum absolute atomic E-state index is 11.0. The quantitative estimate of drug-likeness (QED) is 0.884. The monoisotopic (exact) mass is 314 g/mol. The number of hydrogen-bond donors (Lipinski definition) is 1. The zero-order valence-electron chi connectivity index (χ0n) is 8.61. The molecule has 2 rings (SSSR count).